The number of rotatable bonds is 8. The molecule has 0 atom stereocenters. The zero-order valence-electron chi connectivity index (χ0n) is 15.7. The van der Waals surface area contributed by atoms with Crippen molar-refractivity contribution in [3.63, 3.8) is 0 Å². The van der Waals surface area contributed by atoms with Crippen molar-refractivity contribution in [3.05, 3.63) is 57.6 Å². The van der Waals surface area contributed by atoms with Crippen molar-refractivity contribution in [3.8, 4) is 0 Å². The molecule has 0 radical (unpaired) electrons. The number of thioether (sulfide) groups is 1. The smallest absolute Gasteiger partial charge is 0.253 e. The van der Waals surface area contributed by atoms with Crippen LogP contribution in [0.15, 0.2) is 45.8 Å². The summed E-state index contributed by atoms with van der Waals surface area (Å²) in [5, 5.41) is 5.40. The Morgan fingerprint density at radius 3 is 2.54 bits per heavy atom. The number of nitrogens with one attached hydrogen (secondary N) is 2. The van der Waals surface area contributed by atoms with Crippen molar-refractivity contribution in [2.24, 2.45) is 5.73 Å². The van der Waals surface area contributed by atoms with Crippen molar-refractivity contribution in [1.82, 2.24) is 5.32 Å². The van der Waals surface area contributed by atoms with Gasteiger partial charge in [0.2, 0.25) is 11.8 Å². The maximum atomic E-state index is 12.4. The van der Waals surface area contributed by atoms with E-state index >= 15 is 0 Å². The lowest BCUT2D eigenvalue weighted by Gasteiger charge is -2.12. The predicted octanol–water partition coefficient (Wildman–Crippen LogP) is 3.40. The van der Waals surface area contributed by atoms with Crippen molar-refractivity contribution in [2.75, 3.05) is 17.6 Å². The lowest BCUT2D eigenvalue weighted by molar-refractivity contribution is -0.118. The van der Waals surface area contributed by atoms with Crippen LogP contribution in [0.2, 0.25) is 0 Å². The van der Waals surface area contributed by atoms with Crippen LogP contribution in [0.3, 0.4) is 0 Å². The molecule has 2 aromatic carbocycles. The molecule has 6 nitrogen and oxygen atoms in total. The number of carbonyl (C=O) groups is 3. The summed E-state index contributed by atoms with van der Waals surface area (Å²) < 4.78 is 1.04. The second-order valence-electron chi connectivity index (χ2n) is 6.22. The van der Waals surface area contributed by atoms with E-state index in [1.165, 1.54) is 11.8 Å². The van der Waals surface area contributed by atoms with Crippen LogP contribution in [0.25, 0.3) is 0 Å². The van der Waals surface area contributed by atoms with Gasteiger partial charge in [-0.3, -0.25) is 14.4 Å². The lowest BCUT2D eigenvalue weighted by Crippen LogP contribution is -2.29. The molecule has 0 spiro atoms. The van der Waals surface area contributed by atoms with Gasteiger partial charge in [0.05, 0.1) is 17.0 Å². The van der Waals surface area contributed by atoms with E-state index in [2.05, 4.69) is 26.6 Å². The number of halogens is 1. The van der Waals surface area contributed by atoms with Crippen LogP contribution in [-0.2, 0) is 9.59 Å². The molecule has 0 aliphatic heterocycles. The summed E-state index contributed by atoms with van der Waals surface area (Å²) in [6, 6.07) is 10.8. The minimum Gasteiger partial charge on any atom is -0.370 e. The molecule has 0 saturated carbocycles. The van der Waals surface area contributed by atoms with Gasteiger partial charge < -0.3 is 16.4 Å². The van der Waals surface area contributed by atoms with Crippen LogP contribution >= 0.6 is 27.7 Å². The predicted molar refractivity (Wildman–Crippen MR) is 116 cm³/mol. The number of hydrogen-bond donors (Lipinski definition) is 3. The summed E-state index contributed by atoms with van der Waals surface area (Å²) in [7, 11) is 0. The monoisotopic (exact) mass is 463 g/mol. The van der Waals surface area contributed by atoms with E-state index < -0.39 is 5.91 Å². The van der Waals surface area contributed by atoms with Crippen molar-refractivity contribution in [1.29, 1.82) is 0 Å². The number of benzene rings is 2. The van der Waals surface area contributed by atoms with Crippen LogP contribution in [0.1, 0.15) is 27.9 Å². The summed E-state index contributed by atoms with van der Waals surface area (Å²) in [5.74, 6) is -0.844. The number of carbonyl (C=O) groups excluding carboxylic acids is 3. The highest BCUT2D eigenvalue weighted by Crippen LogP contribution is 2.28. The second-order valence-corrected chi connectivity index (χ2v) is 8.09. The quantitative estimate of drug-likeness (QED) is 0.522. The summed E-state index contributed by atoms with van der Waals surface area (Å²) in [6.45, 7) is 4.14. The fraction of sp³-hybridized carbons (Fsp3) is 0.250. The largest absolute Gasteiger partial charge is 0.370 e. The molecule has 2 aromatic rings. The highest BCUT2D eigenvalue weighted by molar-refractivity contribution is 9.10. The molecule has 0 fully saturated rings. The summed E-state index contributed by atoms with van der Waals surface area (Å²) in [4.78, 5) is 36.5. The number of amides is 3. The molecule has 8 heteroatoms. The Labute approximate surface area is 176 Å². The topological polar surface area (TPSA) is 101 Å². The summed E-state index contributed by atoms with van der Waals surface area (Å²) in [6.07, 6.45) is 0.0584. The van der Waals surface area contributed by atoms with E-state index in [4.69, 9.17) is 5.73 Å². The van der Waals surface area contributed by atoms with Gasteiger partial charge in [0.1, 0.15) is 0 Å². The van der Waals surface area contributed by atoms with Gasteiger partial charge in [-0.25, -0.2) is 0 Å². The molecule has 0 unspecified atom stereocenters. The maximum absolute atomic E-state index is 12.4. The first kappa shape index (κ1) is 22.0. The molecule has 0 aliphatic rings. The lowest BCUT2D eigenvalue weighted by atomic mass is 10.1. The minimum atomic E-state index is -0.489. The van der Waals surface area contributed by atoms with Crippen LogP contribution in [0.5, 0.6) is 0 Å². The van der Waals surface area contributed by atoms with Gasteiger partial charge in [0.25, 0.3) is 5.91 Å². The fourth-order valence-electron chi connectivity index (χ4n) is 2.42. The first-order chi connectivity index (χ1) is 13.3. The molecule has 0 heterocycles. The van der Waals surface area contributed by atoms with Crippen LogP contribution < -0.4 is 16.4 Å². The molecule has 0 aliphatic carbocycles. The number of anilines is 1. The Morgan fingerprint density at radius 2 is 1.82 bits per heavy atom. The van der Waals surface area contributed by atoms with Gasteiger partial charge in [-0.1, -0.05) is 28.1 Å². The minimum absolute atomic E-state index is 0.0584. The van der Waals surface area contributed by atoms with Crippen LogP contribution in [0.4, 0.5) is 5.69 Å². The molecule has 148 valence electrons. The average Bonchev–Trinajstić information content (AvgIpc) is 2.63. The number of nitrogens with two attached hydrogens (primary N) is 1. The number of para-hydroxylation sites is 1. The molecule has 28 heavy (non-hydrogen) atoms. The van der Waals surface area contributed by atoms with Crippen LogP contribution in [0, 0.1) is 13.8 Å². The van der Waals surface area contributed by atoms with E-state index in [0.29, 0.717) is 11.3 Å². The Balaban J connectivity index is 1.99. The van der Waals surface area contributed by atoms with E-state index in [-0.39, 0.29) is 30.5 Å². The zero-order valence-corrected chi connectivity index (χ0v) is 18.1. The second kappa shape index (κ2) is 10.3. The van der Waals surface area contributed by atoms with Crippen molar-refractivity contribution < 1.29 is 14.4 Å². The molecule has 2 rings (SSSR count). The highest BCUT2D eigenvalue weighted by Gasteiger charge is 2.14. The van der Waals surface area contributed by atoms with Crippen LogP contribution in [-0.4, -0.2) is 30.0 Å². The Kier molecular flexibility index (Phi) is 8.07. The maximum Gasteiger partial charge on any atom is 0.253 e. The van der Waals surface area contributed by atoms with Crippen molar-refractivity contribution in [2.45, 2.75) is 25.2 Å². The third kappa shape index (κ3) is 6.38. The van der Waals surface area contributed by atoms with Gasteiger partial charge in [-0.15, -0.1) is 11.8 Å². The van der Waals surface area contributed by atoms with E-state index in [1.54, 1.807) is 24.3 Å². The van der Waals surface area contributed by atoms with E-state index in [1.807, 2.05) is 26.0 Å². The zero-order chi connectivity index (χ0) is 20.7. The Morgan fingerprint density at radius 1 is 1.11 bits per heavy atom. The van der Waals surface area contributed by atoms with Gasteiger partial charge in [0, 0.05) is 22.3 Å². The third-order valence-electron chi connectivity index (χ3n) is 3.92. The fourth-order valence-corrected chi connectivity index (χ4v) is 3.79. The standard InChI is InChI=1S/C20H22BrN3O3S/c1-12-10-17(13(2)9-15(12)21)28-11-19(26)24-16-6-4-3-5-14(16)20(27)23-8-7-18(22)25/h3-6,9-10H,7-8,11H2,1-2H3,(H2,22,25)(H,23,27)(H,24,26). The van der Waals surface area contributed by atoms with Gasteiger partial charge in [-0.2, -0.15) is 0 Å². The first-order valence-corrected chi connectivity index (χ1v) is 10.4. The average molecular weight is 464 g/mol. The third-order valence-corrected chi connectivity index (χ3v) is 5.93. The van der Waals surface area contributed by atoms with E-state index in [9.17, 15) is 14.4 Å². The number of hydrogen-bond acceptors (Lipinski definition) is 4. The first-order valence-electron chi connectivity index (χ1n) is 8.63. The molecule has 4 N–H and O–H groups in total. The molecule has 3 amide bonds. The molecule has 0 aromatic heterocycles. The normalized spacial score (nSPS) is 10.4. The molecule has 0 saturated heterocycles. The summed E-state index contributed by atoms with van der Waals surface area (Å²) in [5.41, 5.74) is 8.02. The number of aryl methyl sites for hydroxylation is 2. The Hall–Kier alpha value is -2.32. The Bertz CT molecular complexity index is 902. The SMILES string of the molecule is Cc1cc(SCC(=O)Nc2ccccc2C(=O)NCCC(N)=O)c(C)cc1Br. The highest BCUT2D eigenvalue weighted by atomic mass is 79.9. The van der Waals surface area contributed by atoms with Crippen molar-refractivity contribution >= 4 is 51.1 Å². The van der Waals surface area contributed by atoms with E-state index in [0.717, 1.165) is 20.5 Å². The number of primary amides is 1. The summed E-state index contributed by atoms with van der Waals surface area (Å²) >= 11 is 4.94. The molecular weight excluding hydrogens is 442 g/mol. The molecular formula is C20H22BrN3O3S. The molecule has 0 bridgehead atoms. The van der Waals surface area contributed by atoms with Gasteiger partial charge >= 0.3 is 0 Å². The van der Waals surface area contributed by atoms with Gasteiger partial charge in [0.15, 0.2) is 0 Å². The van der Waals surface area contributed by atoms with Gasteiger partial charge in [-0.05, 0) is 49.2 Å².